The van der Waals surface area contributed by atoms with Crippen molar-refractivity contribution in [2.45, 2.75) is 18.1 Å². The van der Waals surface area contributed by atoms with Gasteiger partial charge in [-0.2, -0.15) is 0 Å². The van der Waals surface area contributed by atoms with Gasteiger partial charge in [-0.3, -0.25) is 4.72 Å². The number of anilines is 2. The first-order valence-corrected chi connectivity index (χ1v) is 6.89. The molecule has 0 atom stereocenters. The number of sulfonamides is 1. The van der Waals surface area contributed by atoms with Crippen molar-refractivity contribution in [2.75, 3.05) is 10.5 Å². The average Bonchev–Trinajstić information content (AvgIpc) is 2.92. The zero-order chi connectivity index (χ0) is 11.1. The Balaban J connectivity index is 2.24. The summed E-state index contributed by atoms with van der Waals surface area (Å²) in [5, 5.41) is -0.220. The maximum Gasteiger partial charge on any atom is 0.235 e. The van der Waals surface area contributed by atoms with E-state index in [1.54, 1.807) is 18.2 Å². The summed E-state index contributed by atoms with van der Waals surface area (Å²) in [5.74, 6) is 0. The fourth-order valence-corrected chi connectivity index (χ4v) is 3.26. The van der Waals surface area contributed by atoms with Crippen LogP contribution in [0.5, 0.6) is 0 Å². The van der Waals surface area contributed by atoms with Gasteiger partial charge in [0.1, 0.15) is 0 Å². The minimum atomic E-state index is -3.20. The van der Waals surface area contributed by atoms with Crippen molar-refractivity contribution < 1.29 is 8.42 Å². The molecule has 0 spiro atoms. The number of nitrogens with one attached hydrogen (secondary N) is 1. The summed E-state index contributed by atoms with van der Waals surface area (Å²) in [6.07, 6.45) is 1.50. The molecule has 4 nitrogen and oxygen atoms in total. The van der Waals surface area contributed by atoms with Gasteiger partial charge in [-0.15, -0.1) is 0 Å². The molecule has 3 N–H and O–H groups in total. The Morgan fingerprint density at radius 3 is 2.60 bits per heavy atom. The van der Waals surface area contributed by atoms with E-state index in [4.69, 9.17) is 5.73 Å². The molecule has 6 heteroatoms. The Morgan fingerprint density at radius 2 is 2.07 bits per heavy atom. The third kappa shape index (κ3) is 2.43. The fourth-order valence-electron chi connectivity index (χ4n) is 1.23. The molecule has 1 aliphatic rings. The number of hydrogen-bond acceptors (Lipinski definition) is 3. The Morgan fingerprint density at radius 1 is 1.40 bits per heavy atom. The Labute approximate surface area is 97.0 Å². The first kappa shape index (κ1) is 10.8. The molecule has 1 fully saturated rings. The Kier molecular flexibility index (Phi) is 2.64. The zero-order valence-corrected chi connectivity index (χ0v) is 10.3. The van der Waals surface area contributed by atoms with Crippen LogP contribution in [-0.4, -0.2) is 13.7 Å². The van der Waals surface area contributed by atoms with E-state index in [2.05, 4.69) is 20.7 Å². The van der Waals surface area contributed by atoms with Crippen molar-refractivity contribution >= 4 is 37.3 Å². The number of nitrogen functional groups attached to an aromatic ring is 1. The molecule has 82 valence electrons. The molecule has 0 saturated heterocycles. The van der Waals surface area contributed by atoms with Crippen LogP contribution in [0, 0.1) is 0 Å². The monoisotopic (exact) mass is 290 g/mol. The Hall–Kier alpha value is -0.750. The van der Waals surface area contributed by atoms with E-state index >= 15 is 0 Å². The van der Waals surface area contributed by atoms with Gasteiger partial charge in [0.05, 0.1) is 10.9 Å². The lowest BCUT2D eigenvalue weighted by Gasteiger charge is -2.09. The van der Waals surface area contributed by atoms with Crippen LogP contribution < -0.4 is 10.5 Å². The molecule has 15 heavy (non-hydrogen) atoms. The van der Waals surface area contributed by atoms with Gasteiger partial charge in [0.25, 0.3) is 0 Å². The first-order chi connectivity index (χ1) is 6.99. The van der Waals surface area contributed by atoms with Crippen LogP contribution in [0.4, 0.5) is 11.4 Å². The second kappa shape index (κ2) is 3.68. The van der Waals surface area contributed by atoms with E-state index in [1.807, 2.05) is 0 Å². The predicted molar refractivity (Wildman–Crippen MR) is 64.1 cm³/mol. The molecule has 0 heterocycles. The summed E-state index contributed by atoms with van der Waals surface area (Å²) < 4.78 is 26.5. The van der Waals surface area contributed by atoms with Crippen LogP contribution >= 0.6 is 15.9 Å². The third-order valence-electron chi connectivity index (χ3n) is 2.21. The van der Waals surface area contributed by atoms with Gasteiger partial charge in [0, 0.05) is 10.2 Å². The Bertz CT molecular complexity index is 483. The smallest absolute Gasteiger partial charge is 0.235 e. The summed E-state index contributed by atoms with van der Waals surface area (Å²) in [7, 11) is -3.20. The van der Waals surface area contributed by atoms with Gasteiger partial charge in [-0.1, -0.05) is 0 Å². The molecule has 1 aromatic carbocycles. The lowest BCUT2D eigenvalue weighted by atomic mass is 10.3. The predicted octanol–water partition coefficient (Wildman–Crippen LogP) is 1.94. The molecular formula is C9H11BrN2O2S. The van der Waals surface area contributed by atoms with E-state index in [1.165, 1.54) is 0 Å². The summed E-state index contributed by atoms with van der Waals surface area (Å²) >= 11 is 3.26. The van der Waals surface area contributed by atoms with Crippen LogP contribution in [0.2, 0.25) is 0 Å². The molecule has 0 aliphatic heterocycles. The molecular weight excluding hydrogens is 280 g/mol. The van der Waals surface area contributed by atoms with Crippen molar-refractivity contribution in [1.82, 2.24) is 0 Å². The van der Waals surface area contributed by atoms with Gasteiger partial charge in [0.15, 0.2) is 0 Å². The normalized spacial score (nSPS) is 16.3. The van der Waals surface area contributed by atoms with E-state index in [0.717, 1.165) is 12.8 Å². The third-order valence-corrected chi connectivity index (χ3v) is 4.72. The lowest BCUT2D eigenvalue weighted by Crippen LogP contribution is -2.17. The number of nitrogens with two attached hydrogens (primary N) is 1. The number of hydrogen-bond donors (Lipinski definition) is 2. The first-order valence-electron chi connectivity index (χ1n) is 4.56. The van der Waals surface area contributed by atoms with Gasteiger partial charge >= 0.3 is 0 Å². The highest BCUT2D eigenvalue weighted by atomic mass is 79.9. The second-order valence-corrected chi connectivity index (χ2v) is 6.40. The molecule has 1 saturated carbocycles. The van der Waals surface area contributed by atoms with Crippen LogP contribution in [0.3, 0.4) is 0 Å². The molecule has 0 bridgehead atoms. The highest BCUT2D eigenvalue weighted by Gasteiger charge is 2.35. The second-order valence-electron chi connectivity index (χ2n) is 3.59. The standard InChI is InChI=1S/C9H11BrN2O2S/c10-8-5-6(11)1-4-9(8)12-15(13,14)7-2-3-7/h1,4-5,7,12H,2-3,11H2. The van der Waals surface area contributed by atoms with Crippen molar-refractivity contribution in [3.05, 3.63) is 22.7 Å². The molecule has 2 rings (SSSR count). The quantitative estimate of drug-likeness (QED) is 0.836. The van der Waals surface area contributed by atoms with E-state index in [-0.39, 0.29) is 5.25 Å². The van der Waals surface area contributed by atoms with Crippen LogP contribution in [0.1, 0.15) is 12.8 Å². The van der Waals surface area contributed by atoms with Gasteiger partial charge < -0.3 is 5.73 Å². The van der Waals surface area contributed by atoms with Gasteiger partial charge in [0.2, 0.25) is 10.0 Å². The van der Waals surface area contributed by atoms with Gasteiger partial charge in [-0.25, -0.2) is 8.42 Å². The summed E-state index contributed by atoms with van der Waals surface area (Å²) in [6, 6.07) is 4.99. The van der Waals surface area contributed by atoms with Gasteiger partial charge in [-0.05, 0) is 47.0 Å². The topological polar surface area (TPSA) is 72.2 Å². The van der Waals surface area contributed by atoms with E-state index in [0.29, 0.717) is 15.8 Å². The highest BCUT2D eigenvalue weighted by molar-refractivity contribution is 9.10. The fraction of sp³-hybridized carbons (Fsp3) is 0.333. The minimum Gasteiger partial charge on any atom is -0.399 e. The van der Waals surface area contributed by atoms with Crippen molar-refractivity contribution in [3.8, 4) is 0 Å². The van der Waals surface area contributed by atoms with E-state index in [9.17, 15) is 8.42 Å². The lowest BCUT2D eigenvalue weighted by molar-refractivity contribution is 0.600. The van der Waals surface area contributed by atoms with Crippen LogP contribution in [-0.2, 0) is 10.0 Å². The molecule has 1 aromatic rings. The highest BCUT2D eigenvalue weighted by Crippen LogP contribution is 2.32. The largest absolute Gasteiger partial charge is 0.399 e. The van der Waals surface area contributed by atoms with Crippen LogP contribution in [0.25, 0.3) is 0 Å². The van der Waals surface area contributed by atoms with Crippen molar-refractivity contribution in [2.24, 2.45) is 0 Å². The SMILES string of the molecule is Nc1ccc(NS(=O)(=O)C2CC2)c(Br)c1. The van der Waals surface area contributed by atoms with Crippen molar-refractivity contribution in [1.29, 1.82) is 0 Å². The molecule has 0 amide bonds. The van der Waals surface area contributed by atoms with E-state index < -0.39 is 10.0 Å². The van der Waals surface area contributed by atoms with Crippen LogP contribution in [0.15, 0.2) is 22.7 Å². The summed E-state index contributed by atoms with van der Waals surface area (Å²) in [5.41, 5.74) is 6.69. The average molecular weight is 291 g/mol. The maximum atomic E-state index is 11.6. The summed E-state index contributed by atoms with van der Waals surface area (Å²) in [4.78, 5) is 0. The minimum absolute atomic E-state index is 0.220. The zero-order valence-electron chi connectivity index (χ0n) is 7.90. The molecule has 1 aliphatic carbocycles. The number of rotatable bonds is 3. The molecule has 0 radical (unpaired) electrons. The molecule has 0 unspecified atom stereocenters. The number of halogens is 1. The molecule has 0 aromatic heterocycles. The number of benzene rings is 1. The summed E-state index contributed by atoms with van der Waals surface area (Å²) in [6.45, 7) is 0. The maximum absolute atomic E-state index is 11.6. The van der Waals surface area contributed by atoms with Crippen molar-refractivity contribution in [3.63, 3.8) is 0 Å².